The van der Waals surface area contributed by atoms with Gasteiger partial charge in [-0.3, -0.25) is 4.79 Å². The third-order valence-electron chi connectivity index (χ3n) is 3.75. The van der Waals surface area contributed by atoms with Gasteiger partial charge in [-0.2, -0.15) is 0 Å². The van der Waals surface area contributed by atoms with Gasteiger partial charge < -0.3 is 4.74 Å². The van der Waals surface area contributed by atoms with E-state index >= 15 is 0 Å². The molecule has 0 bridgehead atoms. The largest absolute Gasteiger partial charge is 0.425 e. The SMILES string of the molecule is CC(C)(I)C(=O)Oc1cccc([S+](c2ccccc2)c2cccc(F)c2)c1. The lowest BCUT2D eigenvalue weighted by Gasteiger charge is -2.15. The molecule has 27 heavy (non-hydrogen) atoms. The Morgan fingerprint density at radius 3 is 2.11 bits per heavy atom. The molecular formula is C22H19FIO2S+. The van der Waals surface area contributed by atoms with E-state index in [1.807, 2.05) is 54.6 Å². The van der Waals surface area contributed by atoms with Crippen molar-refractivity contribution in [3.05, 3.63) is 84.7 Å². The predicted octanol–water partition coefficient (Wildman–Crippen LogP) is 6.04. The molecule has 3 aromatic rings. The minimum atomic E-state index is -0.614. The van der Waals surface area contributed by atoms with Gasteiger partial charge in [0.05, 0.1) is 10.9 Å². The van der Waals surface area contributed by atoms with Gasteiger partial charge in [-0.05, 0) is 50.2 Å². The van der Waals surface area contributed by atoms with E-state index < -0.39 is 14.3 Å². The van der Waals surface area contributed by atoms with Crippen LogP contribution in [0.25, 0.3) is 0 Å². The van der Waals surface area contributed by atoms with Crippen LogP contribution in [0, 0.1) is 5.82 Å². The van der Waals surface area contributed by atoms with Crippen molar-refractivity contribution >= 4 is 39.5 Å². The quantitative estimate of drug-likeness (QED) is 0.143. The molecule has 0 aromatic heterocycles. The van der Waals surface area contributed by atoms with Crippen LogP contribution in [0.3, 0.4) is 0 Å². The number of carbonyl (C=O) groups is 1. The van der Waals surface area contributed by atoms with Crippen molar-refractivity contribution in [2.75, 3.05) is 0 Å². The molecule has 0 N–H and O–H groups in total. The van der Waals surface area contributed by atoms with Gasteiger partial charge in [0.2, 0.25) is 0 Å². The number of halogens is 2. The smallest absolute Gasteiger partial charge is 0.326 e. The van der Waals surface area contributed by atoms with E-state index in [1.165, 1.54) is 6.07 Å². The first-order valence-electron chi connectivity index (χ1n) is 8.41. The van der Waals surface area contributed by atoms with Gasteiger partial charge in [-0.1, -0.05) is 52.9 Å². The van der Waals surface area contributed by atoms with Crippen LogP contribution in [0.2, 0.25) is 0 Å². The molecule has 0 fully saturated rings. The second-order valence-electron chi connectivity index (χ2n) is 6.41. The van der Waals surface area contributed by atoms with Crippen LogP contribution in [0.4, 0.5) is 4.39 Å². The van der Waals surface area contributed by atoms with Crippen LogP contribution in [-0.4, -0.2) is 9.39 Å². The van der Waals surface area contributed by atoms with Crippen molar-refractivity contribution in [3.8, 4) is 5.75 Å². The molecule has 0 spiro atoms. The van der Waals surface area contributed by atoms with Gasteiger partial charge in [-0.15, -0.1) is 0 Å². The van der Waals surface area contributed by atoms with Crippen LogP contribution in [0.15, 0.2) is 93.5 Å². The van der Waals surface area contributed by atoms with Crippen molar-refractivity contribution in [3.63, 3.8) is 0 Å². The lowest BCUT2D eigenvalue weighted by Crippen LogP contribution is -2.29. The van der Waals surface area contributed by atoms with E-state index in [-0.39, 0.29) is 11.8 Å². The fraction of sp³-hybridized carbons (Fsp3) is 0.136. The Balaban J connectivity index is 2.03. The van der Waals surface area contributed by atoms with E-state index in [1.54, 1.807) is 32.0 Å². The van der Waals surface area contributed by atoms with Crippen LogP contribution in [-0.2, 0) is 15.7 Å². The summed E-state index contributed by atoms with van der Waals surface area (Å²) in [6.45, 7) is 3.61. The Kier molecular flexibility index (Phi) is 6.22. The van der Waals surface area contributed by atoms with Gasteiger partial charge in [0, 0.05) is 12.1 Å². The van der Waals surface area contributed by atoms with Crippen molar-refractivity contribution in [2.24, 2.45) is 0 Å². The zero-order valence-electron chi connectivity index (χ0n) is 15.0. The van der Waals surface area contributed by atoms with Crippen LogP contribution in [0.1, 0.15) is 13.8 Å². The molecule has 138 valence electrons. The molecule has 0 amide bonds. The number of carbonyl (C=O) groups excluding carboxylic acids is 1. The number of ether oxygens (including phenoxy) is 1. The van der Waals surface area contributed by atoms with Crippen molar-refractivity contribution in [2.45, 2.75) is 32.0 Å². The number of alkyl halides is 1. The molecule has 0 heterocycles. The Bertz CT molecular complexity index is 938. The highest BCUT2D eigenvalue weighted by Gasteiger charge is 2.30. The highest BCUT2D eigenvalue weighted by molar-refractivity contribution is 14.1. The fourth-order valence-corrected chi connectivity index (χ4v) is 4.70. The molecular weight excluding hydrogens is 474 g/mol. The molecule has 3 rings (SSSR count). The van der Waals surface area contributed by atoms with Crippen LogP contribution >= 0.6 is 22.6 Å². The third kappa shape index (κ3) is 5.11. The first kappa shape index (κ1) is 19.9. The molecule has 0 saturated heterocycles. The normalized spacial score (nSPS) is 12.4. The molecule has 0 saturated carbocycles. The number of hydrogen-bond acceptors (Lipinski definition) is 2. The first-order valence-corrected chi connectivity index (χ1v) is 10.7. The summed E-state index contributed by atoms with van der Waals surface area (Å²) in [6.07, 6.45) is 0. The van der Waals surface area contributed by atoms with Gasteiger partial charge in [0.15, 0.2) is 14.7 Å². The minimum Gasteiger partial charge on any atom is -0.425 e. The monoisotopic (exact) mass is 493 g/mol. The highest BCUT2D eigenvalue weighted by atomic mass is 127. The van der Waals surface area contributed by atoms with Crippen LogP contribution < -0.4 is 4.74 Å². The molecule has 5 heteroatoms. The molecule has 0 aliphatic heterocycles. The standard InChI is InChI=1S/C22H19FIO2S/c1-22(2,24)21(25)26-17-9-7-13-20(15-17)27(18-10-4-3-5-11-18)19-12-6-8-16(23)14-19/h3-15H,1-2H3/q+1. The molecule has 1 unspecified atom stereocenters. The lowest BCUT2D eigenvalue weighted by atomic mass is 10.2. The number of rotatable bonds is 5. The van der Waals surface area contributed by atoms with Crippen LogP contribution in [0.5, 0.6) is 5.75 Å². The van der Waals surface area contributed by atoms with Gasteiger partial charge >= 0.3 is 5.97 Å². The maximum absolute atomic E-state index is 13.9. The molecule has 1 atom stereocenters. The maximum atomic E-state index is 13.9. The van der Waals surface area contributed by atoms with Crippen molar-refractivity contribution < 1.29 is 13.9 Å². The van der Waals surface area contributed by atoms with E-state index in [0.29, 0.717) is 5.75 Å². The summed E-state index contributed by atoms with van der Waals surface area (Å²) in [5, 5.41) is 0. The summed E-state index contributed by atoms with van der Waals surface area (Å²) < 4.78 is 18.8. The van der Waals surface area contributed by atoms with Gasteiger partial charge in [0.25, 0.3) is 0 Å². The summed E-state index contributed by atoms with van der Waals surface area (Å²) in [6, 6.07) is 24.1. The molecule has 3 aromatic carbocycles. The molecule has 2 nitrogen and oxygen atoms in total. The Morgan fingerprint density at radius 1 is 0.889 bits per heavy atom. The summed E-state index contributed by atoms with van der Waals surface area (Å²) in [5.74, 6) is -0.0761. The number of hydrogen-bond donors (Lipinski definition) is 0. The topological polar surface area (TPSA) is 26.3 Å². The summed E-state index contributed by atoms with van der Waals surface area (Å²) >= 11 is 2.06. The second-order valence-corrected chi connectivity index (χ2v) is 11.1. The van der Waals surface area contributed by atoms with E-state index in [9.17, 15) is 9.18 Å². The second kappa shape index (κ2) is 8.44. The van der Waals surface area contributed by atoms with E-state index in [2.05, 4.69) is 22.6 Å². The lowest BCUT2D eigenvalue weighted by molar-refractivity contribution is -0.135. The van der Waals surface area contributed by atoms with Crippen molar-refractivity contribution in [1.29, 1.82) is 0 Å². The fourth-order valence-electron chi connectivity index (χ4n) is 2.45. The summed E-state index contributed by atoms with van der Waals surface area (Å²) in [5.41, 5.74) is 0. The molecule has 0 radical (unpaired) electrons. The molecule has 0 aliphatic rings. The van der Waals surface area contributed by atoms with Crippen molar-refractivity contribution in [1.82, 2.24) is 0 Å². The Hall–Kier alpha value is -1.86. The average molecular weight is 493 g/mol. The van der Waals surface area contributed by atoms with Gasteiger partial charge in [0.1, 0.15) is 15.0 Å². The Morgan fingerprint density at radius 2 is 1.48 bits per heavy atom. The minimum absolute atomic E-state index is 0.268. The van der Waals surface area contributed by atoms with E-state index in [0.717, 1.165) is 14.7 Å². The zero-order valence-corrected chi connectivity index (χ0v) is 18.0. The highest BCUT2D eigenvalue weighted by Crippen LogP contribution is 2.33. The summed E-state index contributed by atoms with van der Waals surface area (Å²) in [7, 11) is -0.504. The van der Waals surface area contributed by atoms with Gasteiger partial charge in [-0.25, -0.2) is 4.39 Å². The third-order valence-corrected chi connectivity index (χ3v) is 6.38. The predicted molar refractivity (Wildman–Crippen MR) is 115 cm³/mol. The molecule has 0 aliphatic carbocycles. The average Bonchev–Trinajstić information content (AvgIpc) is 2.62. The first-order chi connectivity index (χ1) is 12.8. The zero-order chi connectivity index (χ0) is 19.4. The maximum Gasteiger partial charge on any atom is 0.326 e. The number of benzene rings is 3. The Labute approximate surface area is 175 Å². The van der Waals surface area contributed by atoms with E-state index in [4.69, 9.17) is 4.74 Å². The summed E-state index contributed by atoms with van der Waals surface area (Å²) in [4.78, 5) is 15.1. The number of esters is 1.